The number of thioether (sulfide) groups is 1. The average molecular weight is 332 g/mol. The lowest BCUT2D eigenvalue weighted by atomic mass is 10.2. The number of esters is 1. The third-order valence-electron chi connectivity index (χ3n) is 3.05. The maximum absolute atomic E-state index is 11.7. The van der Waals surface area contributed by atoms with Gasteiger partial charge in [-0.05, 0) is 18.6 Å². The molecule has 0 aliphatic rings. The average Bonchev–Trinajstić information content (AvgIpc) is 2.97. The highest BCUT2D eigenvalue weighted by Crippen LogP contribution is 2.23. The molecular formula is C16H20N4O2S. The van der Waals surface area contributed by atoms with Crippen molar-refractivity contribution in [1.29, 1.82) is 0 Å². The first-order valence-electron chi connectivity index (χ1n) is 7.49. The fraction of sp³-hybridized carbons (Fsp3) is 0.375. The number of nitrogens with zero attached hydrogens (tertiary/aromatic N) is 4. The van der Waals surface area contributed by atoms with Crippen LogP contribution in [0.15, 0.2) is 42.3 Å². The topological polar surface area (TPSA) is 69.9 Å². The lowest BCUT2D eigenvalue weighted by Gasteiger charge is -2.07. The smallest absolute Gasteiger partial charge is 0.316 e. The molecule has 0 atom stereocenters. The van der Waals surface area contributed by atoms with Crippen LogP contribution in [-0.4, -0.2) is 38.1 Å². The molecule has 0 amide bonds. The van der Waals surface area contributed by atoms with Crippen LogP contribution < -0.4 is 0 Å². The SMILES string of the molecule is C=CCn1c(SCC(=O)OCCCC)nnc1-c1ccncc1. The van der Waals surface area contributed by atoms with Crippen molar-refractivity contribution >= 4 is 17.7 Å². The van der Waals surface area contributed by atoms with Crippen LogP contribution in [0.2, 0.25) is 0 Å². The van der Waals surface area contributed by atoms with E-state index in [4.69, 9.17) is 4.74 Å². The zero-order valence-corrected chi connectivity index (χ0v) is 14.0. The monoisotopic (exact) mass is 332 g/mol. The molecule has 0 saturated carbocycles. The summed E-state index contributed by atoms with van der Waals surface area (Å²) in [6.45, 7) is 6.86. The second-order valence-corrected chi connectivity index (χ2v) is 5.75. The summed E-state index contributed by atoms with van der Waals surface area (Å²) in [5.74, 6) is 0.714. The van der Waals surface area contributed by atoms with Gasteiger partial charge in [-0.1, -0.05) is 31.2 Å². The minimum Gasteiger partial charge on any atom is -0.465 e. The van der Waals surface area contributed by atoms with Crippen LogP contribution in [0.25, 0.3) is 11.4 Å². The van der Waals surface area contributed by atoms with Crippen LogP contribution in [0.1, 0.15) is 19.8 Å². The van der Waals surface area contributed by atoms with Crippen LogP contribution >= 0.6 is 11.8 Å². The van der Waals surface area contributed by atoms with Gasteiger partial charge in [-0.15, -0.1) is 16.8 Å². The van der Waals surface area contributed by atoms with Gasteiger partial charge in [0, 0.05) is 24.5 Å². The maximum atomic E-state index is 11.7. The van der Waals surface area contributed by atoms with E-state index in [-0.39, 0.29) is 11.7 Å². The number of pyridine rings is 1. The largest absolute Gasteiger partial charge is 0.465 e. The fourth-order valence-corrected chi connectivity index (χ4v) is 2.64. The van der Waals surface area contributed by atoms with Crippen LogP contribution in [-0.2, 0) is 16.1 Å². The first-order chi connectivity index (χ1) is 11.3. The quantitative estimate of drug-likeness (QED) is 0.304. The number of unbranched alkanes of at least 4 members (excludes halogenated alkanes) is 1. The molecule has 23 heavy (non-hydrogen) atoms. The molecule has 2 rings (SSSR count). The van der Waals surface area contributed by atoms with Gasteiger partial charge in [-0.2, -0.15) is 0 Å². The summed E-state index contributed by atoms with van der Waals surface area (Å²) >= 11 is 1.32. The molecule has 0 radical (unpaired) electrons. The Morgan fingerprint density at radius 1 is 1.39 bits per heavy atom. The molecule has 2 heterocycles. The number of hydrogen-bond acceptors (Lipinski definition) is 6. The molecule has 0 aliphatic carbocycles. The van der Waals surface area contributed by atoms with Crippen molar-refractivity contribution in [2.24, 2.45) is 0 Å². The Labute approximate surface area is 140 Å². The first kappa shape index (κ1) is 17.2. The molecule has 0 N–H and O–H groups in total. The van der Waals surface area contributed by atoms with Crippen LogP contribution in [0, 0.1) is 0 Å². The van der Waals surface area contributed by atoms with Crippen molar-refractivity contribution in [2.45, 2.75) is 31.5 Å². The van der Waals surface area contributed by atoms with Crippen molar-refractivity contribution in [2.75, 3.05) is 12.4 Å². The Bertz CT molecular complexity index is 643. The van der Waals surface area contributed by atoms with Crippen molar-refractivity contribution in [3.8, 4) is 11.4 Å². The van der Waals surface area contributed by atoms with Crippen molar-refractivity contribution in [1.82, 2.24) is 19.7 Å². The molecule has 2 aromatic rings. The van der Waals surface area contributed by atoms with Crippen molar-refractivity contribution < 1.29 is 9.53 Å². The van der Waals surface area contributed by atoms with Gasteiger partial charge in [0.25, 0.3) is 0 Å². The van der Waals surface area contributed by atoms with E-state index >= 15 is 0 Å². The summed E-state index contributed by atoms with van der Waals surface area (Å²) in [5.41, 5.74) is 0.923. The summed E-state index contributed by atoms with van der Waals surface area (Å²) in [5, 5.41) is 9.07. The van der Waals surface area contributed by atoms with Gasteiger partial charge in [-0.3, -0.25) is 14.3 Å². The summed E-state index contributed by atoms with van der Waals surface area (Å²) in [7, 11) is 0. The van der Waals surface area contributed by atoms with Gasteiger partial charge in [0.1, 0.15) is 0 Å². The third-order valence-corrected chi connectivity index (χ3v) is 3.99. The van der Waals surface area contributed by atoms with E-state index in [1.165, 1.54) is 11.8 Å². The lowest BCUT2D eigenvalue weighted by molar-refractivity contribution is -0.140. The van der Waals surface area contributed by atoms with E-state index in [1.54, 1.807) is 18.5 Å². The van der Waals surface area contributed by atoms with Gasteiger partial charge in [0.05, 0.1) is 12.4 Å². The number of ether oxygens (including phenoxy) is 1. The lowest BCUT2D eigenvalue weighted by Crippen LogP contribution is -2.09. The normalized spacial score (nSPS) is 10.5. The maximum Gasteiger partial charge on any atom is 0.316 e. The van der Waals surface area contributed by atoms with Gasteiger partial charge >= 0.3 is 5.97 Å². The fourth-order valence-electron chi connectivity index (χ4n) is 1.90. The molecule has 0 fully saturated rings. The van der Waals surface area contributed by atoms with E-state index in [1.807, 2.05) is 16.7 Å². The summed E-state index contributed by atoms with van der Waals surface area (Å²) < 4.78 is 7.07. The first-order valence-corrected chi connectivity index (χ1v) is 8.47. The molecule has 0 unspecified atom stereocenters. The molecule has 2 aromatic heterocycles. The Balaban J connectivity index is 2.06. The molecule has 0 bridgehead atoms. The molecule has 0 aromatic carbocycles. The Kier molecular flexibility index (Phi) is 6.80. The van der Waals surface area contributed by atoms with E-state index in [9.17, 15) is 4.79 Å². The summed E-state index contributed by atoms with van der Waals surface area (Å²) in [6, 6.07) is 3.74. The summed E-state index contributed by atoms with van der Waals surface area (Å²) in [6.07, 6.45) is 7.08. The highest BCUT2D eigenvalue weighted by atomic mass is 32.2. The molecule has 7 heteroatoms. The molecular weight excluding hydrogens is 312 g/mol. The number of carbonyl (C=O) groups is 1. The molecule has 0 spiro atoms. The Morgan fingerprint density at radius 2 is 2.17 bits per heavy atom. The van der Waals surface area contributed by atoms with Crippen LogP contribution in [0.5, 0.6) is 0 Å². The van der Waals surface area contributed by atoms with Gasteiger partial charge in [0.2, 0.25) is 0 Å². The number of rotatable bonds is 9. The standard InChI is InChI=1S/C16H20N4O2S/c1-3-5-11-22-14(21)12-23-16-19-18-15(20(16)10-4-2)13-6-8-17-9-7-13/h4,6-9H,2-3,5,10-12H2,1H3. The van der Waals surface area contributed by atoms with Gasteiger partial charge in [0.15, 0.2) is 11.0 Å². The van der Waals surface area contributed by atoms with Crippen LogP contribution in [0.4, 0.5) is 0 Å². The molecule has 6 nitrogen and oxygen atoms in total. The van der Waals surface area contributed by atoms with E-state index in [2.05, 4.69) is 28.7 Å². The predicted molar refractivity (Wildman–Crippen MR) is 90.0 cm³/mol. The van der Waals surface area contributed by atoms with E-state index in [0.29, 0.717) is 18.3 Å². The van der Waals surface area contributed by atoms with Gasteiger partial charge in [-0.25, -0.2) is 0 Å². The molecule has 122 valence electrons. The Morgan fingerprint density at radius 3 is 2.87 bits per heavy atom. The second-order valence-electron chi connectivity index (χ2n) is 4.80. The number of allylic oxidation sites excluding steroid dienone is 1. The number of aromatic nitrogens is 4. The minimum absolute atomic E-state index is 0.218. The Hall–Kier alpha value is -2.15. The van der Waals surface area contributed by atoms with Crippen LogP contribution in [0.3, 0.4) is 0 Å². The van der Waals surface area contributed by atoms with Crippen molar-refractivity contribution in [3.63, 3.8) is 0 Å². The van der Waals surface area contributed by atoms with Crippen molar-refractivity contribution in [3.05, 3.63) is 37.2 Å². The second kappa shape index (κ2) is 9.09. The molecule has 0 saturated heterocycles. The molecule has 0 aliphatic heterocycles. The van der Waals surface area contributed by atoms with Gasteiger partial charge < -0.3 is 4.74 Å². The zero-order chi connectivity index (χ0) is 16.5. The third kappa shape index (κ3) is 4.92. The number of hydrogen-bond donors (Lipinski definition) is 0. The summed E-state index contributed by atoms with van der Waals surface area (Å²) in [4.78, 5) is 15.7. The van der Waals surface area contributed by atoms with E-state index in [0.717, 1.165) is 24.2 Å². The number of carbonyl (C=O) groups excluding carboxylic acids is 1. The highest BCUT2D eigenvalue weighted by molar-refractivity contribution is 7.99. The van der Waals surface area contributed by atoms with E-state index < -0.39 is 0 Å². The zero-order valence-electron chi connectivity index (χ0n) is 13.1. The highest BCUT2D eigenvalue weighted by Gasteiger charge is 2.15. The minimum atomic E-state index is -0.234. The predicted octanol–water partition coefficient (Wildman–Crippen LogP) is 2.96.